The van der Waals surface area contributed by atoms with Gasteiger partial charge in [-0.25, -0.2) is 18.4 Å². The van der Waals surface area contributed by atoms with Crippen LogP contribution in [-0.2, 0) is 4.79 Å². The first-order valence-electron chi connectivity index (χ1n) is 6.84. The predicted octanol–water partition coefficient (Wildman–Crippen LogP) is 0.959. The van der Waals surface area contributed by atoms with Crippen LogP contribution in [0.2, 0.25) is 5.15 Å². The molecule has 25 heavy (non-hydrogen) atoms. The van der Waals surface area contributed by atoms with Crippen LogP contribution < -0.4 is 9.80 Å². The molecule has 13 heteroatoms. The van der Waals surface area contributed by atoms with E-state index in [0.717, 1.165) is 11.0 Å². The number of imide groups is 1. The van der Waals surface area contributed by atoms with Gasteiger partial charge in [0.15, 0.2) is 16.5 Å². The number of piperazine rings is 1. The lowest BCUT2D eigenvalue weighted by Crippen LogP contribution is -2.75. The molecule has 2 N–H and O–H groups in total. The lowest BCUT2D eigenvalue weighted by Gasteiger charge is -2.52. The van der Waals surface area contributed by atoms with Crippen LogP contribution >= 0.6 is 11.6 Å². The number of anilines is 2. The molecule has 1 saturated heterocycles. The van der Waals surface area contributed by atoms with E-state index in [1.54, 1.807) is 0 Å². The normalized spacial score (nSPS) is 22.7. The van der Waals surface area contributed by atoms with Crippen molar-refractivity contribution in [3.8, 4) is 0 Å². The predicted molar refractivity (Wildman–Crippen MR) is 78.2 cm³/mol. The molecule has 2 aliphatic heterocycles. The van der Waals surface area contributed by atoms with Gasteiger partial charge in [-0.3, -0.25) is 4.79 Å². The molecule has 2 aliphatic rings. The van der Waals surface area contributed by atoms with E-state index in [4.69, 9.17) is 16.7 Å². The van der Waals surface area contributed by atoms with Crippen LogP contribution in [0.5, 0.6) is 0 Å². The average Bonchev–Trinajstić information content (AvgIpc) is 2.54. The molecule has 1 aromatic heterocycles. The van der Waals surface area contributed by atoms with Crippen molar-refractivity contribution in [2.24, 2.45) is 0 Å². The van der Waals surface area contributed by atoms with Crippen molar-refractivity contribution in [3.63, 3.8) is 0 Å². The fourth-order valence-electron chi connectivity index (χ4n) is 3.02. The van der Waals surface area contributed by atoms with Crippen LogP contribution in [0.1, 0.15) is 0 Å². The molecule has 0 spiro atoms. The van der Waals surface area contributed by atoms with Crippen molar-refractivity contribution >= 4 is 41.2 Å². The van der Waals surface area contributed by atoms with E-state index < -0.39 is 42.4 Å². The highest BCUT2D eigenvalue weighted by molar-refractivity contribution is 6.30. The minimum absolute atomic E-state index is 0.0483. The Morgan fingerprint density at radius 1 is 1.24 bits per heavy atom. The highest BCUT2D eigenvalue weighted by Gasteiger charge is 2.62. The summed E-state index contributed by atoms with van der Waals surface area (Å²) >= 11 is 5.73. The van der Waals surface area contributed by atoms with Gasteiger partial charge in [-0.1, -0.05) is 11.6 Å². The Morgan fingerprint density at radius 3 is 2.48 bits per heavy atom. The lowest BCUT2D eigenvalue weighted by atomic mass is 9.89. The standard InChI is InChI=1S/C12H10ClF2N5O5/c13-6-3-5-7(17-16-6)20(11(24)25)9(21)12(8(14)15)4-18(10(22)23)1-2-19(5)12/h3,8H,1-2,4H2,(H,22,23)(H,24,25)/t12-/m1/s1. The molecule has 0 aliphatic carbocycles. The van der Waals surface area contributed by atoms with Gasteiger partial charge in [0.05, 0.1) is 12.2 Å². The van der Waals surface area contributed by atoms with Gasteiger partial charge in [0.25, 0.3) is 12.3 Å². The molecular weight excluding hydrogens is 368 g/mol. The average molecular weight is 378 g/mol. The second-order valence-corrected chi connectivity index (χ2v) is 5.77. The number of fused-ring (bicyclic) bond motifs is 3. The second kappa shape index (κ2) is 5.65. The first kappa shape index (κ1) is 17.1. The zero-order valence-corrected chi connectivity index (χ0v) is 13.0. The molecule has 0 unspecified atom stereocenters. The van der Waals surface area contributed by atoms with Crippen LogP contribution in [0.15, 0.2) is 6.07 Å². The Hall–Kier alpha value is -2.76. The van der Waals surface area contributed by atoms with Crippen molar-refractivity contribution in [1.29, 1.82) is 0 Å². The second-order valence-electron chi connectivity index (χ2n) is 5.38. The van der Waals surface area contributed by atoms with Gasteiger partial charge >= 0.3 is 12.2 Å². The third-order valence-corrected chi connectivity index (χ3v) is 4.32. The number of carbonyl (C=O) groups excluding carboxylic acids is 1. The topological polar surface area (TPSA) is 127 Å². The number of carbonyl (C=O) groups is 3. The number of nitrogens with zero attached hydrogens (tertiary/aromatic N) is 5. The molecule has 3 amide bonds. The molecule has 0 saturated carbocycles. The fraction of sp³-hybridized carbons (Fsp3) is 0.417. The number of hydrogen-bond acceptors (Lipinski definition) is 6. The Bertz CT molecular complexity index is 780. The highest BCUT2D eigenvalue weighted by atomic mass is 35.5. The van der Waals surface area contributed by atoms with Crippen molar-refractivity contribution in [2.75, 3.05) is 29.4 Å². The summed E-state index contributed by atoms with van der Waals surface area (Å²) in [5.41, 5.74) is -2.83. The first-order valence-corrected chi connectivity index (χ1v) is 7.22. The van der Waals surface area contributed by atoms with E-state index in [1.807, 2.05) is 0 Å². The summed E-state index contributed by atoms with van der Waals surface area (Å²) in [6.07, 6.45) is -6.70. The molecule has 0 aromatic carbocycles. The number of halogens is 3. The molecule has 1 atom stereocenters. The number of rotatable bonds is 1. The van der Waals surface area contributed by atoms with Crippen LogP contribution in [0.3, 0.4) is 0 Å². The summed E-state index contributed by atoms with van der Waals surface area (Å²) in [5, 5.41) is 25.2. The number of aromatic nitrogens is 2. The lowest BCUT2D eigenvalue weighted by molar-refractivity contribution is -0.131. The summed E-state index contributed by atoms with van der Waals surface area (Å²) < 4.78 is 28.0. The van der Waals surface area contributed by atoms with E-state index in [9.17, 15) is 28.3 Å². The van der Waals surface area contributed by atoms with Gasteiger partial charge in [0, 0.05) is 19.2 Å². The molecule has 0 radical (unpaired) electrons. The number of hydrogen-bond donors (Lipinski definition) is 2. The summed E-state index contributed by atoms with van der Waals surface area (Å²) in [4.78, 5) is 37.0. The fourth-order valence-corrected chi connectivity index (χ4v) is 3.16. The maximum atomic E-state index is 14.0. The SMILES string of the molecule is O=C(O)N1CCN2c3cc(Cl)nnc3N(C(=O)O)C(=O)[C@]2(C(F)F)C1. The van der Waals surface area contributed by atoms with Crippen LogP contribution in [0, 0.1) is 0 Å². The van der Waals surface area contributed by atoms with Gasteiger partial charge < -0.3 is 20.0 Å². The molecule has 3 heterocycles. The van der Waals surface area contributed by atoms with Gasteiger partial charge in [-0.2, -0.15) is 4.90 Å². The zero-order chi connectivity index (χ0) is 18.5. The summed E-state index contributed by atoms with van der Waals surface area (Å²) in [6, 6.07) is 1.11. The molecule has 1 fully saturated rings. The first-order chi connectivity index (χ1) is 11.7. The highest BCUT2D eigenvalue weighted by Crippen LogP contribution is 2.44. The van der Waals surface area contributed by atoms with E-state index in [-0.39, 0.29) is 28.8 Å². The monoisotopic (exact) mass is 377 g/mol. The van der Waals surface area contributed by atoms with Crippen molar-refractivity contribution in [1.82, 2.24) is 15.1 Å². The van der Waals surface area contributed by atoms with Gasteiger partial charge in [-0.15, -0.1) is 10.2 Å². The molecular formula is C12H10ClF2N5O5. The van der Waals surface area contributed by atoms with Crippen molar-refractivity contribution in [2.45, 2.75) is 12.0 Å². The third-order valence-electron chi connectivity index (χ3n) is 4.13. The summed E-state index contributed by atoms with van der Waals surface area (Å²) in [5.74, 6) is -1.95. The molecule has 0 bridgehead atoms. The largest absolute Gasteiger partial charge is 0.465 e. The minimum atomic E-state index is -3.37. The molecule has 1 aromatic rings. The number of carboxylic acid groups (broad SMARTS) is 2. The van der Waals surface area contributed by atoms with Crippen LogP contribution in [-0.4, -0.2) is 75.0 Å². The smallest absolute Gasteiger partial charge is 0.420 e. The third kappa shape index (κ3) is 2.32. The van der Waals surface area contributed by atoms with Gasteiger partial charge in [0.2, 0.25) is 0 Å². The van der Waals surface area contributed by atoms with E-state index in [2.05, 4.69) is 10.2 Å². The van der Waals surface area contributed by atoms with Gasteiger partial charge in [-0.05, 0) is 0 Å². The van der Waals surface area contributed by atoms with E-state index in [0.29, 0.717) is 4.90 Å². The Morgan fingerprint density at radius 2 is 1.92 bits per heavy atom. The van der Waals surface area contributed by atoms with Crippen LogP contribution in [0.4, 0.5) is 29.9 Å². The van der Waals surface area contributed by atoms with Crippen molar-refractivity contribution in [3.05, 3.63) is 11.2 Å². The quantitative estimate of drug-likeness (QED) is 0.740. The maximum absolute atomic E-state index is 14.0. The summed E-state index contributed by atoms with van der Waals surface area (Å²) in [7, 11) is 0. The Kier molecular flexibility index (Phi) is 3.86. The number of amides is 3. The van der Waals surface area contributed by atoms with E-state index >= 15 is 0 Å². The maximum Gasteiger partial charge on any atom is 0.420 e. The molecule has 10 nitrogen and oxygen atoms in total. The van der Waals surface area contributed by atoms with Crippen LogP contribution in [0.25, 0.3) is 0 Å². The van der Waals surface area contributed by atoms with Crippen molar-refractivity contribution < 1.29 is 33.4 Å². The Balaban J connectivity index is 2.25. The molecule has 3 rings (SSSR count). The van der Waals surface area contributed by atoms with Gasteiger partial charge in [0.1, 0.15) is 0 Å². The molecule has 134 valence electrons. The van der Waals surface area contributed by atoms with E-state index in [1.165, 1.54) is 0 Å². The summed E-state index contributed by atoms with van der Waals surface area (Å²) in [6.45, 7) is -1.34. The minimum Gasteiger partial charge on any atom is -0.465 e. The zero-order valence-electron chi connectivity index (χ0n) is 12.3. The number of alkyl halides is 2. The Labute approximate surface area is 143 Å².